The third-order valence-electron chi connectivity index (χ3n) is 3.82. The van der Waals surface area contributed by atoms with Gasteiger partial charge in [0, 0.05) is 18.3 Å². The highest BCUT2D eigenvalue weighted by Gasteiger charge is 2.17. The molecular formula is C18H17ClFN3O2. The van der Waals surface area contributed by atoms with Gasteiger partial charge in [0.15, 0.2) is 0 Å². The zero-order valence-corrected chi connectivity index (χ0v) is 14.5. The lowest BCUT2D eigenvalue weighted by Crippen LogP contribution is -2.34. The minimum absolute atomic E-state index is 0.212. The van der Waals surface area contributed by atoms with Crippen LogP contribution in [0.3, 0.4) is 0 Å². The summed E-state index contributed by atoms with van der Waals surface area (Å²) in [4.78, 5) is 12.5. The Balaban J connectivity index is 1.75. The highest BCUT2D eigenvalue weighted by molar-refractivity contribution is 6.34. The molecule has 1 N–H and O–H groups in total. The van der Waals surface area contributed by atoms with Gasteiger partial charge in [0.1, 0.15) is 11.6 Å². The van der Waals surface area contributed by atoms with E-state index in [4.69, 9.17) is 16.3 Å². The smallest absolute Gasteiger partial charge is 0.255 e. The summed E-state index contributed by atoms with van der Waals surface area (Å²) in [5.74, 6) is -0.204. The molecule has 1 amide bonds. The third-order valence-corrected chi connectivity index (χ3v) is 4.13. The van der Waals surface area contributed by atoms with Crippen LogP contribution in [0, 0.1) is 5.82 Å². The van der Waals surface area contributed by atoms with Gasteiger partial charge in [0.05, 0.1) is 29.4 Å². The van der Waals surface area contributed by atoms with E-state index in [1.807, 2.05) is 6.92 Å². The number of nitrogens with zero attached hydrogens (tertiary/aromatic N) is 2. The summed E-state index contributed by atoms with van der Waals surface area (Å²) in [6.07, 6.45) is 3.67. The standard InChI is InChI=1S/C18H17ClFN3O2/c1-11(6-12-7-13(20)9-14(8-12)25-2)22-18(24)15-10-21-23-5-3-4-16(19)17(15)23/h3-5,7-11H,6H2,1-2H3,(H,22,24). The monoisotopic (exact) mass is 361 g/mol. The van der Waals surface area contributed by atoms with E-state index in [1.165, 1.54) is 25.4 Å². The molecule has 1 atom stereocenters. The van der Waals surface area contributed by atoms with E-state index in [0.29, 0.717) is 28.3 Å². The fraction of sp³-hybridized carbons (Fsp3) is 0.222. The quantitative estimate of drug-likeness (QED) is 0.756. The first-order chi connectivity index (χ1) is 12.0. The zero-order chi connectivity index (χ0) is 18.0. The van der Waals surface area contributed by atoms with Crippen LogP contribution in [0.25, 0.3) is 5.52 Å². The molecule has 5 nitrogen and oxygen atoms in total. The number of aromatic nitrogens is 2. The second kappa shape index (κ2) is 7.11. The molecule has 3 rings (SSSR count). The first kappa shape index (κ1) is 17.2. The number of halogens is 2. The molecule has 1 unspecified atom stereocenters. The Morgan fingerprint density at radius 3 is 3.00 bits per heavy atom. The van der Waals surface area contributed by atoms with Crippen molar-refractivity contribution in [3.05, 3.63) is 64.7 Å². The largest absolute Gasteiger partial charge is 0.497 e. The Bertz CT molecular complexity index is 926. The number of rotatable bonds is 5. The molecule has 3 aromatic rings. The summed E-state index contributed by atoms with van der Waals surface area (Å²) in [7, 11) is 1.48. The lowest BCUT2D eigenvalue weighted by atomic mass is 10.1. The number of methoxy groups -OCH3 is 1. The molecule has 2 heterocycles. The maximum absolute atomic E-state index is 13.6. The Hall–Kier alpha value is -2.60. The van der Waals surface area contributed by atoms with Gasteiger partial charge in [0.2, 0.25) is 0 Å². The number of amides is 1. The van der Waals surface area contributed by atoms with Crippen molar-refractivity contribution < 1.29 is 13.9 Å². The van der Waals surface area contributed by atoms with Crippen molar-refractivity contribution in [2.75, 3.05) is 7.11 Å². The van der Waals surface area contributed by atoms with Gasteiger partial charge in [-0.25, -0.2) is 8.91 Å². The van der Waals surface area contributed by atoms with E-state index in [1.54, 1.807) is 28.9 Å². The van der Waals surface area contributed by atoms with Crippen LogP contribution < -0.4 is 10.1 Å². The van der Waals surface area contributed by atoms with Crippen LogP contribution in [-0.2, 0) is 6.42 Å². The average molecular weight is 362 g/mol. The van der Waals surface area contributed by atoms with Crippen molar-refractivity contribution >= 4 is 23.0 Å². The molecule has 1 aromatic carbocycles. The topological polar surface area (TPSA) is 55.6 Å². The van der Waals surface area contributed by atoms with Crippen LogP contribution in [0.2, 0.25) is 5.02 Å². The second-order valence-electron chi connectivity index (χ2n) is 5.79. The van der Waals surface area contributed by atoms with Crippen molar-refractivity contribution in [3.63, 3.8) is 0 Å². The number of carbonyl (C=O) groups is 1. The van der Waals surface area contributed by atoms with Crippen LogP contribution in [-0.4, -0.2) is 28.7 Å². The number of hydrogen-bond donors (Lipinski definition) is 1. The summed E-state index contributed by atoms with van der Waals surface area (Å²) in [6.45, 7) is 1.85. The van der Waals surface area contributed by atoms with Crippen LogP contribution in [0.15, 0.2) is 42.7 Å². The zero-order valence-electron chi connectivity index (χ0n) is 13.8. The molecule has 25 heavy (non-hydrogen) atoms. The van der Waals surface area contributed by atoms with E-state index in [-0.39, 0.29) is 17.8 Å². The van der Waals surface area contributed by atoms with Gasteiger partial charge >= 0.3 is 0 Å². The van der Waals surface area contributed by atoms with Crippen molar-refractivity contribution in [1.82, 2.24) is 14.9 Å². The number of benzene rings is 1. The summed E-state index contributed by atoms with van der Waals surface area (Å²) in [5.41, 5.74) is 1.69. The van der Waals surface area contributed by atoms with Crippen molar-refractivity contribution in [2.24, 2.45) is 0 Å². The van der Waals surface area contributed by atoms with Gasteiger partial charge in [-0.05, 0) is 43.2 Å². The molecule has 0 saturated carbocycles. The first-order valence-corrected chi connectivity index (χ1v) is 8.12. The van der Waals surface area contributed by atoms with Crippen molar-refractivity contribution in [3.8, 4) is 5.75 Å². The molecule has 0 aliphatic rings. The Labute approximate surface area is 149 Å². The molecule has 0 aliphatic carbocycles. The summed E-state index contributed by atoms with van der Waals surface area (Å²) in [6, 6.07) is 7.74. The van der Waals surface area contributed by atoms with E-state index < -0.39 is 0 Å². The third kappa shape index (κ3) is 3.74. The molecule has 130 valence electrons. The molecular weight excluding hydrogens is 345 g/mol. The number of pyridine rings is 1. The number of fused-ring (bicyclic) bond motifs is 1. The molecule has 0 fully saturated rings. The van der Waals surface area contributed by atoms with Crippen LogP contribution in [0.1, 0.15) is 22.8 Å². The van der Waals surface area contributed by atoms with E-state index in [9.17, 15) is 9.18 Å². The number of carbonyl (C=O) groups excluding carboxylic acids is 1. The second-order valence-corrected chi connectivity index (χ2v) is 6.19. The Morgan fingerprint density at radius 2 is 2.24 bits per heavy atom. The highest BCUT2D eigenvalue weighted by atomic mass is 35.5. The van der Waals surface area contributed by atoms with E-state index >= 15 is 0 Å². The molecule has 0 radical (unpaired) electrons. The normalized spacial score (nSPS) is 12.2. The van der Waals surface area contributed by atoms with E-state index in [2.05, 4.69) is 10.4 Å². The fourth-order valence-corrected chi connectivity index (χ4v) is 2.99. The van der Waals surface area contributed by atoms with Gasteiger partial charge in [-0.1, -0.05) is 11.6 Å². The number of nitrogens with one attached hydrogen (secondary N) is 1. The van der Waals surface area contributed by atoms with E-state index in [0.717, 1.165) is 5.56 Å². The SMILES string of the molecule is COc1cc(F)cc(CC(C)NC(=O)c2cnn3cccc(Cl)c23)c1. The maximum Gasteiger partial charge on any atom is 0.255 e. The number of ether oxygens (including phenoxy) is 1. The lowest BCUT2D eigenvalue weighted by molar-refractivity contribution is 0.0941. The van der Waals surface area contributed by atoms with Gasteiger partial charge in [-0.15, -0.1) is 0 Å². The van der Waals surface area contributed by atoms with Gasteiger partial charge in [0.25, 0.3) is 5.91 Å². The molecule has 0 bridgehead atoms. The number of hydrogen-bond acceptors (Lipinski definition) is 3. The van der Waals surface area contributed by atoms with Gasteiger partial charge in [-0.3, -0.25) is 4.79 Å². The first-order valence-electron chi connectivity index (χ1n) is 7.74. The van der Waals surface area contributed by atoms with Crippen LogP contribution >= 0.6 is 11.6 Å². The minimum atomic E-state index is -0.373. The average Bonchev–Trinajstić information content (AvgIpc) is 2.99. The van der Waals surface area contributed by atoms with Crippen molar-refractivity contribution in [1.29, 1.82) is 0 Å². The highest BCUT2D eigenvalue weighted by Crippen LogP contribution is 2.21. The molecule has 0 aliphatic heterocycles. The fourth-order valence-electron chi connectivity index (χ4n) is 2.73. The molecule has 2 aromatic heterocycles. The predicted octanol–water partition coefficient (Wildman–Crippen LogP) is 3.50. The summed E-state index contributed by atoms with van der Waals surface area (Å²) < 4.78 is 20.2. The van der Waals surface area contributed by atoms with Gasteiger partial charge < -0.3 is 10.1 Å². The summed E-state index contributed by atoms with van der Waals surface area (Å²) >= 11 is 6.17. The molecule has 7 heteroatoms. The molecule has 0 saturated heterocycles. The minimum Gasteiger partial charge on any atom is -0.497 e. The Kier molecular flexibility index (Phi) is 4.90. The Morgan fingerprint density at radius 1 is 1.44 bits per heavy atom. The summed E-state index contributed by atoms with van der Waals surface area (Å²) in [5, 5.41) is 7.48. The molecule has 0 spiro atoms. The van der Waals surface area contributed by atoms with Crippen LogP contribution in [0.4, 0.5) is 4.39 Å². The van der Waals surface area contributed by atoms with Crippen LogP contribution in [0.5, 0.6) is 5.75 Å². The van der Waals surface area contributed by atoms with Crippen molar-refractivity contribution in [2.45, 2.75) is 19.4 Å². The van der Waals surface area contributed by atoms with Gasteiger partial charge in [-0.2, -0.15) is 5.10 Å². The lowest BCUT2D eigenvalue weighted by Gasteiger charge is -2.14. The maximum atomic E-state index is 13.6. The predicted molar refractivity (Wildman–Crippen MR) is 93.8 cm³/mol.